The van der Waals surface area contributed by atoms with Gasteiger partial charge in [0.2, 0.25) is 5.91 Å². The molecule has 2 bridgehead atoms. The third kappa shape index (κ3) is 5.96. The zero-order valence-electron chi connectivity index (χ0n) is 16.3. The van der Waals surface area contributed by atoms with Gasteiger partial charge in [-0.1, -0.05) is 6.42 Å². The van der Waals surface area contributed by atoms with Crippen LogP contribution in [0.25, 0.3) is 0 Å². The van der Waals surface area contributed by atoms with E-state index in [0.29, 0.717) is 29.9 Å². The van der Waals surface area contributed by atoms with E-state index in [0.717, 1.165) is 52.2 Å². The maximum absolute atomic E-state index is 12.9. The van der Waals surface area contributed by atoms with Crippen molar-refractivity contribution < 1.29 is 9.53 Å². The first-order valence-corrected chi connectivity index (χ1v) is 9.93. The molecule has 1 saturated heterocycles. The van der Waals surface area contributed by atoms with Crippen LogP contribution in [0.15, 0.2) is 0 Å². The second-order valence-electron chi connectivity index (χ2n) is 8.28. The summed E-state index contributed by atoms with van der Waals surface area (Å²) in [4.78, 5) is 17.5. The van der Waals surface area contributed by atoms with Crippen molar-refractivity contribution in [3.63, 3.8) is 0 Å². The van der Waals surface area contributed by atoms with E-state index in [-0.39, 0.29) is 30.7 Å². The number of nitrogens with zero attached hydrogens (tertiary/aromatic N) is 2. The van der Waals surface area contributed by atoms with Crippen LogP contribution in [0.5, 0.6) is 0 Å². The zero-order chi connectivity index (χ0) is 17.1. The molecule has 2 N–H and O–H groups in total. The van der Waals surface area contributed by atoms with Crippen LogP contribution in [0.1, 0.15) is 46.0 Å². The molecular weight excluding hydrogens is 373 g/mol. The number of hydrogen-bond donors (Lipinski definition) is 1. The topological polar surface area (TPSA) is 58.8 Å². The number of carbonyl (C=O) groups is 1. The SMILES string of the molecule is CC(C)OCCN1CCN(C(=O)C2CC3CCCC(C2)C3N)CC1.Cl.Cl. The highest BCUT2D eigenvalue weighted by atomic mass is 35.5. The van der Waals surface area contributed by atoms with E-state index in [9.17, 15) is 4.79 Å². The lowest BCUT2D eigenvalue weighted by Crippen LogP contribution is -2.54. The zero-order valence-corrected chi connectivity index (χ0v) is 17.9. The highest BCUT2D eigenvalue weighted by Gasteiger charge is 2.41. The average Bonchev–Trinajstić information content (AvgIpc) is 2.54. The number of nitrogens with two attached hydrogens (primary N) is 1. The lowest BCUT2D eigenvalue weighted by Gasteiger charge is -2.45. The number of piperazine rings is 1. The molecule has 0 spiro atoms. The Morgan fingerprint density at radius 3 is 2.19 bits per heavy atom. The molecule has 0 aromatic carbocycles. The minimum atomic E-state index is 0. The van der Waals surface area contributed by atoms with Gasteiger partial charge in [0.1, 0.15) is 0 Å². The van der Waals surface area contributed by atoms with Crippen LogP contribution in [0.2, 0.25) is 0 Å². The Labute approximate surface area is 171 Å². The van der Waals surface area contributed by atoms with E-state index < -0.39 is 0 Å². The van der Waals surface area contributed by atoms with Crippen LogP contribution in [0.4, 0.5) is 0 Å². The number of halogens is 2. The largest absolute Gasteiger partial charge is 0.377 e. The van der Waals surface area contributed by atoms with Crippen molar-refractivity contribution in [1.29, 1.82) is 0 Å². The van der Waals surface area contributed by atoms with E-state index in [1.807, 2.05) is 0 Å². The van der Waals surface area contributed by atoms with Crippen molar-refractivity contribution >= 4 is 30.7 Å². The molecule has 3 rings (SSSR count). The Morgan fingerprint density at radius 1 is 1.08 bits per heavy atom. The highest BCUT2D eigenvalue weighted by Crippen LogP contribution is 2.42. The van der Waals surface area contributed by atoms with Gasteiger partial charge < -0.3 is 15.4 Å². The summed E-state index contributed by atoms with van der Waals surface area (Å²) < 4.78 is 5.63. The van der Waals surface area contributed by atoms with Crippen LogP contribution < -0.4 is 5.73 Å². The molecule has 3 fully saturated rings. The van der Waals surface area contributed by atoms with Gasteiger partial charge in [0, 0.05) is 44.7 Å². The molecule has 2 saturated carbocycles. The molecule has 0 radical (unpaired) electrons. The molecule has 154 valence electrons. The standard InChI is InChI=1S/C19H35N3O2.2ClH/c1-14(2)24-11-10-21-6-8-22(9-7-21)19(23)17-12-15-4-3-5-16(13-17)18(15)20;;/h14-18H,3-13,20H2,1-2H3;2*1H. The fourth-order valence-electron chi connectivity index (χ4n) is 4.86. The Hall–Kier alpha value is -0.0700. The summed E-state index contributed by atoms with van der Waals surface area (Å²) in [5, 5.41) is 0. The number of ether oxygens (including phenoxy) is 1. The monoisotopic (exact) mass is 409 g/mol. The van der Waals surface area contributed by atoms with E-state index in [2.05, 4.69) is 23.6 Å². The first kappa shape index (κ1) is 24.0. The van der Waals surface area contributed by atoms with Crippen molar-refractivity contribution in [2.75, 3.05) is 39.3 Å². The number of rotatable bonds is 5. The van der Waals surface area contributed by atoms with Gasteiger partial charge in [-0.3, -0.25) is 9.69 Å². The summed E-state index contributed by atoms with van der Waals surface area (Å²) >= 11 is 0. The van der Waals surface area contributed by atoms with E-state index in [1.165, 1.54) is 19.3 Å². The summed E-state index contributed by atoms with van der Waals surface area (Å²) in [5.41, 5.74) is 6.37. The number of amides is 1. The Kier molecular flexibility index (Phi) is 10.2. The van der Waals surface area contributed by atoms with Gasteiger partial charge in [-0.25, -0.2) is 0 Å². The van der Waals surface area contributed by atoms with Crippen molar-refractivity contribution in [3.8, 4) is 0 Å². The Balaban J connectivity index is 0.00000169. The normalized spacial score (nSPS) is 31.9. The fraction of sp³-hybridized carbons (Fsp3) is 0.947. The van der Waals surface area contributed by atoms with Gasteiger partial charge >= 0.3 is 0 Å². The van der Waals surface area contributed by atoms with Gasteiger partial charge in [-0.2, -0.15) is 0 Å². The highest BCUT2D eigenvalue weighted by molar-refractivity contribution is 5.85. The number of carbonyl (C=O) groups excluding carboxylic acids is 1. The number of fused-ring (bicyclic) bond motifs is 2. The lowest BCUT2D eigenvalue weighted by atomic mass is 9.65. The van der Waals surface area contributed by atoms with Crippen LogP contribution >= 0.6 is 24.8 Å². The molecule has 7 heteroatoms. The van der Waals surface area contributed by atoms with Crippen molar-refractivity contribution in [3.05, 3.63) is 0 Å². The summed E-state index contributed by atoms with van der Waals surface area (Å²) in [6, 6.07) is 0.348. The smallest absolute Gasteiger partial charge is 0.225 e. The minimum absolute atomic E-state index is 0. The molecular formula is C19H37Cl2N3O2. The summed E-state index contributed by atoms with van der Waals surface area (Å²) in [7, 11) is 0. The number of hydrogen-bond acceptors (Lipinski definition) is 4. The van der Waals surface area contributed by atoms with E-state index >= 15 is 0 Å². The predicted octanol–water partition coefficient (Wildman–Crippen LogP) is 2.55. The molecule has 2 unspecified atom stereocenters. The van der Waals surface area contributed by atoms with Crippen LogP contribution in [-0.4, -0.2) is 67.2 Å². The van der Waals surface area contributed by atoms with Crippen molar-refractivity contribution in [2.24, 2.45) is 23.5 Å². The first-order chi connectivity index (χ1) is 11.5. The summed E-state index contributed by atoms with van der Waals surface area (Å²) in [6.07, 6.45) is 6.11. The van der Waals surface area contributed by atoms with Crippen LogP contribution in [0.3, 0.4) is 0 Å². The summed E-state index contributed by atoms with van der Waals surface area (Å²) in [6.45, 7) is 9.61. The van der Waals surface area contributed by atoms with Crippen molar-refractivity contribution in [2.45, 2.75) is 58.1 Å². The van der Waals surface area contributed by atoms with Crippen LogP contribution in [0, 0.1) is 17.8 Å². The average molecular weight is 410 g/mol. The van der Waals surface area contributed by atoms with Crippen LogP contribution in [-0.2, 0) is 9.53 Å². The Morgan fingerprint density at radius 2 is 1.65 bits per heavy atom. The molecule has 5 nitrogen and oxygen atoms in total. The molecule has 2 atom stereocenters. The molecule has 26 heavy (non-hydrogen) atoms. The van der Waals surface area contributed by atoms with E-state index in [4.69, 9.17) is 10.5 Å². The van der Waals surface area contributed by atoms with E-state index in [1.54, 1.807) is 0 Å². The fourth-order valence-corrected chi connectivity index (χ4v) is 4.86. The first-order valence-electron chi connectivity index (χ1n) is 9.93. The van der Waals surface area contributed by atoms with Crippen molar-refractivity contribution in [1.82, 2.24) is 9.80 Å². The molecule has 1 aliphatic heterocycles. The maximum atomic E-state index is 12.9. The molecule has 0 aromatic rings. The van der Waals surface area contributed by atoms with Gasteiger partial charge in [0.15, 0.2) is 0 Å². The van der Waals surface area contributed by atoms with Gasteiger partial charge in [-0.15, -0.1) is 24.8 Å². The second kappa shape index (κ2) is 11.1. The maximum Gasteiger partial charge on any atom is 0.225 e. The summed E-state index contributed by atoms with van der Waals surface area (Å²) in [5.74, 6) is 1.80. The second-order valence-corrected chi connectivity index (χ2v) is 8.28. The van der Waals surface area contributed by atoms with Gasteiger partial charge in [-0.05, 0) is 51.4 Å². The molecule has 2 aliphatic carbocycles. The molecule has 0 aromatic heterocycles. The lowest BCUT2D eigenvalue weighted by molar-refractivity contribution is -0.140. The molecule has 1 amide bonds. The molecule has 3 aliphatic rings. The van der Waals surface area contributed by atoms with Gasteiger partial charge in [0.05, 0.1) is 12.7 Å². The molecule has 1 heterocycles. The predicted molar refractivity (Wildman–Crippen MR) is 110 cm³/mol. The van der Waals surface area contributed by atoms with Gasteiger partial charge in [0.25, 0.3) is 0 Å². The third-order valence-corrected chi connectivity index (χ3v) is 6.30. The third-order valence-electron chi connectivity index (χ3n) is 6.30. The Bertz CT molecular complexity index is 417. The minimum Gasteiger partial charge on any atom is -0.377 e. The quantitative estimate of drug-likeness (QED) is 0.757.